The van der Waals surface area contributed by atoms with Crippen molar-refractivity contribution in [3.05, 3.63) is 59.2 Å². The predicted molar refractivity (Wildman–Crippen MR) is 95.0 cm³/mol. The quantitative estimate of drug-likeness (QED) is 0.785. The molecule has 0 N–H and O–H groups in total. The Kier molecular flexibility index (Phi) is 4.56. The SMILES string of the molecule is COCC1(COC)c2ccccc2-c2ccc(CC(C)C)cc21. The first kappa shape index (κ1) is 16.2. The molecular weight excluding hydrogens is 284 g/mol. The molecule has 0 saturated heterocycles. The van der Waals surface area contributed by atoms with Crippen molar-refractivity contribution >= 4 is 0 Å². The van der Waals surface area contributed by atoms with Gasteiger partial charge in [0.2, 0.25) is 0 Å². The van der Waals surface area contributed by atoms with Gasteiger partial charge in [0, 0.05) is 14.2 Å². The average Bonchev–Trinajstić information content (AvgIpc) is 2.79. The van der Waals surface area contributed by atoms with E-state index in [4.69, 9.17) is 9.47 Å². The Morgan fingerprint density at radius 1 is 0.870 bits per heavy atom. The molecule has 1 aliphatic rings. The normalized spacial score (nSPS) is 14.8. The Hall–Kier alpha value is -1.64. The first-order valence-electron chi connectivity index (χ1n) is 8.33. The summed E-state index contributed by atoms with van der Waals surface area (Å²) in [5.41, 5.74) is 6.49. The molecule has 0 aliphatic heterocycles. The summed E-state index contributed by atoms with van der Waals surface area (Å²) in [6, 6.07) is 15.6. The number of hydrogen-bond donors (Lipinski definition) is 0. The van der Waals surface area contributed by atoms with Crippen molar-refractivity contribution in [2.45, 2.75) is 25.7 Å². The van der Waals surface area contributed by atoms with Crippen LogP contribution in [0.25, 0.3) is 11.1 Å². The molecule has 0 spiro atoms. The van der Waals surface area contributed by atoms with Crippen molar-refractivity contribution in [1.82, 2.24) is 0 Å². The summed E-state index contributed by atoms with van der Waals surface area (Å²) in [7, 11) is 3.55. The molecule has 122 valence electrons. The summed E-state index contributed by atoms with van der Waals surface area (Å²) in [5, 5.41) is 0. The van der Waals surface area contributed by atoms with Gasteiger partial charge in [-0.3, -0.25) is 0 Å². The Morgan fingerprint density at radius 2 is 1.52 bits per heavy atom. The summed E-state index contributed by atoms with van der Waals surface area (Å²) in [4.78, 5) is 0. The van der Waals surface area contributed by atoms with Gasteiger partial charge in [-0.1, -0.05) is 56.3 Å². The monoisotopic (exact) mass is 310 g/mol. The molecule has 0 amide bonds. The Bertz CT molecular complexity index is 682. The second-order valence-corrected chi connectivity index (χ2v) is 6.97. The van der Waals surface area contributed by atoms with Crippen LogP contribution >= 0.6 is 0 Å². The van der Waals surface area contributed by atoms with Gasteiger partial charge in [-0.15, -0.1) is 0 Å². The number of fused-ring (bicyclic) bond motifs is 3. The fraction of sp³-hybridized carbons (Fsp3) is 0.429. The van der Waals surface area contributed by atoms with Crippen molar-refractivity contribution in [2.24, 2.45) is 5.92 Å². The number of rotatable bonds is 6. The molecule has 2 aromatic rings. The third-order valence-electron chi connectivity index (χ3n) is 4.76. The molecule has 0 bridgehead atoms. The highest BCUT2D eigenvalue weighted by Gasteiger charge is 2.43. The Morgan fingerprint density at radius 3 is 2.17 bits per heavy atom. The smallest absolute Gasteiger partial charge is 0.0681 e. The zero-order valence-electron chi connectivity index (χ0n) is 14.6. The minimum atomic E-state index is -0.206. The van der Waals surface area contributed by atoms with Gasteiger partial charge in [-0.2, -0.15) is 0 Å². The highest BCUT2D eigenvalue weighted by molar-refractivity contribution is 5.81. The van der Waals surface area contributed by atoms with Crippen LogP contribution in [0, 0.1) is 5.92 Å². The first-order valence-corrected chi connectivity index (χ1v) is 8.33. The van der Waals surface area contributed by atoms with Crippen molar-refractivity contribution in [3.63, 3.8) is 0 Å². The van der Waals surface area contributed by atoms with Crippen LogP contribution in [0.3, 0.4) is 0 Å². The predicted octanol–water partition coefficient (Wildman–Crippen LogP) is 4.44. The summed E-state index contributed by atoms with van der Waals surface area (Å²) < 4.78 is 11.3. The minimum absolute atomic E-state index is 0.206. The molecule has 3 rings (SSSR count). The molecule has 0 aromatic heterocycles. The first-order chi connectivity index (χ1) is 11.1. The lowest BCUT2D eigenvalue weighted by Gasteiger charge is -2.31. The molecule has 0 unspecified atom stereocenters. The lowest BCUT2D eigenvalue weighted by Crippen LogP contribution is -2.35. The molecule has 2 aromatic carbocycles. The van der Waals surface area contributed by atoms with Gasteiger partial charge in [-0.25, -0.2) is 0 Å². The molecule has 2 nitrogen and oxygen atoms in total. The van der Waals surface area contributed by atoms with Gasteiger partial charge in [0.1, 0.15) is 0 Å². The molecule has 0 radical (unpaired) electrons. The average molecular weight is 310 g/mol. The van der Waals surface area contributed by atoms with Crippen LogP contribution in [0.4, 0.5) is 0 Å². The molecule has 0 fully saturated rings. The van der Waals surface area contributed by atoms with E-state index in [0.29, 0.717) is 19.1 Å². The number of ether oxygens (including phenoxy) is 2. The van der Waals surface area contributed by atoms with Crippen molar-refractivity contribution in [2.75, 3.05) is 27.4 Å². The van der Waals surface area contributed by atoms with Crippen LogP contribution in [0.15, 0.2) is 42.5 Å². The maximum Gasteiger partial charge on any atom is 0.0681 e. The molecule has 0 saturated carbocycles. The topological polar surface area (TPSA) is 18.5 Å². The van der Waals surface area contributed by atoms with E-state index in [1.54, 1.807) is 14.2 Å². The number of methoxy groups -OCH3 is 2. The van der Waals surface area contributed by atoms with Gasteiger partial charge in [0.15, 0.2) is 0 Å². The van der Waals surface area contributed by atoms with Crippen molar-refractivity contribution in [3.8, 4) is 11.1 Å². The number of benzene rings is 2. The van der Waals surface area contributed by atoms with Crippen LogP contribution < -0.4 is 0 Å². The van der Waals surface area contributed by atoms with E-state index in [0.717, 1.165) is 6.42 Å². The minimum Gasteiger partial charge on any atom is -0.383 e. The maximum atomic E-state index is 5.64. The second-order valence-electron chi connectivity index (χ2n) is 6.97. The summed E-state index contributed by atoms with van der Waals surface area (Å²) in [6.45, 7) is 5.80. The van der Waals surface area contributed by atoms with Gasteiger partial charge in [0.05, 0.1) is 18.6 Å². The second kappa shape index (κ2) is 6.46. The molecule has 1 aliphatic carbocycles. The van der Waals surface area contributed by atoms with Crippen LogP contribution in [0.2, 0.25) is 0 Å². The molecular formula is C21H26O2. The van der Waals surface area contributed by atoms with E-state index in [2.05, 4.69) is 56.3 Å². The maximum absolute atomic E-state index is 5.64. The van der Waals surface area contributed by atoms with Crippen LogP contribution in [0.5, 0.6) is 0 Å². The highest BCUT2D eigenvalue weighted by Crippen LogP contribution is 2.49. The Balaban J connectivity index is 2.20. The third-order valence-corrected chi connectivity index (χ3v) is 4.76. The zero-order chi connectivity index (χ0) is 16.4. The molecule has 0 heterocycles. The zero-order valence-corrected chi connectivity index (χ0v) is 14.6. The fourth-order valence-electron chi connectivity index (χ4n) is 3.95. The van der Waals surface area contributed by atoms with E-state index in [9.17, 15) is 0 Å². The highest BCUT2D eigenvalue weighted by atomic mass is 16.5. The van der Waals surface area contributed by atoms with Gasteiger partial charge >= 0.3 is 0 Å². The van der Waals surface area contributed by atoms with Crippen molar-refractivity contribution in [1.29, 1.82) is 0 Å². The lowest BCUT2D eigenvalue weighted by atomic mass is 9.79. The van der Waals surface area contributed by atoms with Gasteiger partial charge < -0.3 is 9.47 Å². The van der Waals surface area contributed by atoms with E-state index >= 15 is 0 Å². The van der Waals surface area contributed by atoms with E-state index in [1.165, 1.54) is 27.8 Å². The summed E-state index contributed by atoms with van der Waals surface area (Å²) in [6.07, 6.45) is 1.10. The lowest BCUT2D eigenvalue weighted by molar-refractivity contribution is 0.0814. The summed E-state index contributed by atoms with van der Waals surface area (Å²) in [5.74, 6) is 0.649. The number of hydrogen-bond acceptors (Lipinski definition) is 2. The van der Waals surface area contributed by atoms with Crippen LogP contribution in [-0.4, -0.2) is 27.4 Å². The summed E-state index contributed by atoms with van der Waals surface area (Å²) >= 11 is 0. The van der Waals surface area contributed by atoms with Crippen LogP contribution in [-0.2, 0) is 21.3 Å². The van der Waals surface area contributed by atoms with E-state index in [1.807, 2.05) is 0 Å². The molecule has 23 heavy (non-hydrogen) atoms. The van der Waals surface area contributed by atoms with Gasteiger partial charge in [0.25, 0.3) is 0 Å². The third kappa shape index (κ3) is 2.71. The molecule has 2 heteroatoms. The Labute approximate surface area is 139 Å². The van der Waals surface area contributed by atoms with E-state index < -0.39 is 0 Å². The van der Waals surface area contributed by atoms with Crippen molar-refractivity contribution < 1.29 is 9.47 Å². The fourth-order valence-corrected chi connectivity index (χ4v) is 3.95. The van der Waals surface area contributed by atoms with Crippen LogP contribution in [0.1, 0.15) is 30.5 Å². The van der Waals surface area contributed by atoms with Gasteiger partial charge in [-0.05, 0) is 40.2 Å². The van der Waals surface area contributed by atoms with E-state index in [-0.39, 0.29) is 5.41 Å². The largest absolute Gasteiger partial charge is 0.383 e. The standard InChI is InChI=1S/C21H26O2/c1-15(2)11-16-9-10-18-17-7-5-6-8-19(17)21(13-22-3,14-23-4)20(18)12-16/h5-10,12,15H,11,13-14H2,1-4H3. The molecule has 0 atom stereocenters.